The van der Waals surface area contributed by atoms with Gasteiger partial charge < -0.3 is 29.5 Å². The maximum Gasteiger partial charge on any atom is 0.335 e. The third kappa shape index (κ3) is 11.5. The minimum Gasteiger partial charge on any atom is -0.497 e. The van der Waals surface area contributed by atoms with Crippen LogP contribution in [0.3, 0.4) is 0 Å². The largest absolute Gasteiger partial charge is 0.497 e. The Bertz CT molecular complexity index is 1230. The van der Waals surface area contributed by atoms with Crippen LogP contribution in [0.2, 0.25) is 0 Å². The normalized spacial score (nSPS) is 9.34. The Balaban J connectivity index is 0.000000287. The van der Waals surface area contributed by atoms with Crippen LogP contribution in [-0.4, -0.2) is 52.3 Å². The summed E-state index contributed by atoms with van der Waals surface area (Å²) in [5.74, 6) is -2.33. The summed E-state index contributed by atoms with van der Waals surface area (Å²) in [5, 5.41) is 25.7. The van der Waals surface area contributed by atoms with Gasteiger partial charge in [-0.25, -0.2) is 14.4 Å². The number of carbonyl (C=O) groups excluding carboxylic acids is 2. The lowest BCUT2D eigenvalue weighted by Gasteiger charge is -2.01. The van der Waals surface area contributed by atoms with Crippen molar-refractivity contribution in [2.45, 2.75) is 20.3 Å². The van der Waals surface area contributed by atoms with Crippen molar-refractivity contribution < 1.29 is 53.5 Å². The van der Waals surface area contributed by atoms with Crippen LogP contribution in [0.1, 0.15) is 51.3 Å². The van der Waals surface area contributed by atoms with Gasteiger partial charge in [0, 0.05) is 13.3 Å². The number of carboxylic acid groups (broad SMARTS) is 3. The fraction of sp³-hybridized carbons (Fsp3) is 0.148. The minimum absolute atomic E-state index is 0.163. The Kier molecular flexibility index (Phi) is 12.8. The third-order valence-electron chi connectivity index (χ3n) is 4.32. The van der Waals surface area contributed by atoms with Gasteiger partial charge >= 0.3 is 29.8 Å². The molecule has 0 atom stereocenters. The van der Waals surface area contributed by atoms with Crippen molar-refractivity contribution in [1.29, 1.82) is 0 Å². The quantitative estimate of drug-likeness (QED) is 0.294. The number of rotatable bonds is 7. The Morgan fingerprint density at radius 3 is 1.16 bits per heavy atom. The van der Waals surface area contributed by atoms with Crippen LogP contribution in [0.5, 0.6) is 17.2 Å². The molecule has 3 aromatic rings. The molecule has 38 heavy (non-hydrogen) atoms. The summed E-state index contributed by atoms with van der Waals surface area (Å²) in [7, 11) is 1.54. The summed E-state index contributed by atoms with van der Waals surface area (Å²) >= 11 is 0. The van der Waals surface area contributed by atoms with Crippen LogP contribution in [0, 0.1) is 0 Å². The number of aromatic carboxylic acids is 3. The van der Waals surface area contributed by atoms with Gasteiger partial charge in [0.1, 0.15) is 17.2 Å². The van der Waals surface area contributed by atoms with Crippen molar-refractivity contribution in [2.24, 2.45) is 0 Å². The van der Waals surface area contributed by atoms with E-state index in [0.717, 1.165) is 0 Å². The monoisotopic (exact) mass is 526 g/mol. The number of carboxylic acids is 3. The lowest BCUT2D eigenvalue weighted by Crippen LogP contribution is -2.05. The molecule has 0 saturated carbocycles. The Morgan fingerprint density at radius 2 is 0.895 bits per heavy atom. The second-order valence-electron chi connectivity index (χ2n) is 7.11. The Labute approximate surface area is 217 Å². The first-order valence-corrected chi connectivity index (χ1v) is 10.9. The summed E-state index contributed by atoms with van der Waals surface area (Å²) in [6.07, 6.45) is 0.292. The molecule has 0 aliphatic carbocycles. The zero-order chi connectivity index (χ0) is 28.7. The van der Waals surface area contributed by atoms with E-state index in [-0.39, 0.29) is 22.7 Å². The van der Waals surface area contributed by atoms with Crippen molar-refractivity contribution >= 4 is 29.8 Å². The van der Waals surface area contributed by atoms with Crippen molar-refractivity contribution in [2.75, 3.05) is 7.11 Å². The maximum absolute atomic E-state index is 10.9. The highest BCUT2D eigenvalue weighted by molar-refractivity contribution is 5.88. The number of carbonyl (C=O) groups is 5. The fourth-order valence-corrected chi connectivity index (χ4v) is 2.43. The van der Waals surface area contributed by atoms with E-state index in [9.17, 15) is 24.0 Å². The summed E-state index contributed by atoms with van der Waals surface area (Å²) < 4.78 is 14.4. The number of methoxy groups -OCH3 is 1. The molecule has 200 valence electrons. The van der Waals surface area contributed by atoms with Crippen molar-refractivity contribution in [3.05, 3.63) is 89.5 Å². The van der Waals surface area contributed by atoms with Crippen LogP contribution in [0.25, 0.3) is 0 Å². The first-order valence-electron chi connectivity index (χ1n) is 10.9. The molecule has 3 aromatic carbocycles. The number of ether oxygens (including phenoxy) is 3. The molecular formula is C27H26O11. The molecule has 0 aliphatic heterocycles. The number of esters is 2. The molecule has 0 fully saturated rings. The smallest absolute Gasteiger partial charge is 0.335 e. The first kappa shape index (κ1) is 30.8. The van der Waals surface area contributed by atoms with Crippen LogP contribution < -0.4 is 14.2 Å². The predicted molar refractivity (Wildman–Crippen MR) is 134 cm³/mol. The summed E-state index contributed by atoms with van der Waals surface area (Å²) in [4.78, 5) is 52.6. The van der Waals surface area contributed by atoms with Gasteiger partial charge in [0.15, 0.2) is 0 Å². The Hall–Kier alpha value is -5.19. The molecule has 0 radical (unpaired) electrons. The molecule has 0 spiro atoms. The molecule has 0 aromatic heterocycles. The zero-order valence-electron chi connectivity index (χ0n) is 20.7. The zero-order valence-corrected chi connectivity index (χ0v) is 20.7. The molecule has 3 rings (SSSR count). The summed E-state index contributed by atoms with van der Waals surface area (Å²) in [6.45, 7) is 2.97. The molecule has 0 aliphatic rings. The maximum atomic E-state index is 10.9. The molecule has 3 N–H and O–H groups in total. The average Bonchev–Trinajstić information content (AvgIpc) is 2.89. The van der Waals surface area contributed by atoms with E-state index in [4.69, 9.17) is 29.5 Å². The van der Waals surface area contributed by atoms with Gasteiger partial charge in [-0.2, -0.15) is 0 Å². The van der Waals surface area contributed by atoms with Crippen LogP contribution in [0.4, 0.5) is 0 Å². The van der Waals surface area contributed by atoms with Crippen LogP contribution in [0.15, 0.2) is 72.8 Å². The predicted octanol–water partition coefficient (Wildman–Crippen LogP) is 4.40. The van der Waals surface area contributed by atoms with E-state index < -0.39 is 23.9 Å². The number of benzene rings is 3. The SMILES string of the molecule is CC(=O)Oc1ccc(C(=O)O)cc1.CCC(=O)Oc1ccc(C(=O)O)cc1.COc1ccc(C(=O)O)cc1. The molecule has 0 unspecified atom stereocenters. The lowest BCUT2D eigenvalue weighted by molar-refractivity contribution is -0.134. The highest BCUT2D eigenvalue weighted by Gasteiger charge is 2.05. The van der Waals surface area contributed by atoms with E-state index in [0.29, 0.717) is 23.7 Å². The third-order valence-corrected chi connectivity index (χ3v) is 4.32. The molecule has 0 heterocycles. The highest BCUT2D eigenvalue weighted by atomic mass is 16.5. The van der Waals surface area contributed by atoms with E-state index in [1.807, 2.05) is 0 Å². The standard InChI is InChI=1S/C10H10O4.C9H8O4.C8H8O3/c1-2-9(11)14-8-5-3-7(4-6-8)10(12)13;1-6(10)13-8-4-2-7(3-5-8)9(11)12;1-11-7-4-2-6(3-5-7)8(9)10/h3-6H,2H2,1H3,(H,12,13);2-5H,1H3,(H,11,12);2-5H,1H3,(H,9,10). The van der Waals surface area contributed by atoms with Gasteiger partial charge in [-0.3, -0.25) is 9.59 Å². The van der Waals surface area contributed by atoms with E-state index in [2.05, 4.69) is 0 Å². The lowest BCUT2D eigenvalue weighted by atomic mass is 10.2. The van der Waals surface area contributed by atoms with E-state index >= 15 is 0 Å². The fourth-order valence-electron chi connectivity index (χ4n) is 2.43. The van der Waals surface area contributed by atoms with E-state index in [1.54, 1.807) is 19.1 Å². The van der Waals surface area contributed by atoms with Gasteiger partial charge in [-0.05, 0) is 72.8 Å². The van der Waals surface area contributed by atoms with Crippen LogP contribution in [-0.2, 0) is 9.59 Å². The highest BCUT2D eigenvalue weighted by Crippen LogP contribution is 2.13. The van der Waals surface area contributed by atoms with Gasteiger partial charge in [0.05, 0.1) is 23.8 Å². The van der Waals surface area contributed by atoms with Crippen LogP contribution >= 0.6 is 0 Å². The molecule has 0 amide bonds. The number of hydrogen-bond acceptors (Lipinski definition) is 8. The first-order chi connectivity index (χ1) is 18.0. The molecule has 11 heteroatoms. The van der Waals surface area contributed by atoms with Gasteiger partial charge in [0.25, 0.3) is 0 Å². The van der Waals surface area contributed by atoms with Crippen molar-refractivity contribution in [1.82, 2.24) is 0 Å². The second-order valence-corrected chi connectivity index (χ2v) is 7.11. The Morgan fingerprint density at radius 1 is 0.579 bits per heavy atom. The topological polar surface area (TPSA) is 174 Å². The van der Waals surface area contributed by atoms with E-state index in [1.165, 1.54) is 74.7 Å². The summed E-state index contributed by atoms with van der Waals surface area (Å²) in [6, 6.07) is 17.5. The minimum atomic E-state index is -1.01. The van der Waals surface area contributed by atoms with Gasteiger partial charge in [-0.1, -0.05) is 6.92 Å². The summed E-state index contributed by atoms with van der Waals surface area (Å²) in [5.41, 5.74) is 0.600. The molecular weight excluding hydrogens is 500 g/mol. The number of hydrogen-bond donors (Lipinski definition) is 3. The van der Waals surface area contributed by atoms with Gasteiger partial charge in [0.2, 0.25) is 0 Å². The average molecular weight is 526 g/mol. The van der Waals surface area contributed by atoms with Crippen molar-refractivity contribution in [3.63, 3.8) is 0 Å². The van der Waals surface area contributed by atoms with Gasteiger partial charge in [-0.15, -0.1) is 0 Å². The molecule has 0 bridgehead atoms. The second kappa shape index (κ2) is 15.7. The van der Waals surface area contributed by atoms with Crippen molar-refractivity contribution in [3.8, 4) is 17.2 Å². The molecule has 0 saturated heterocycles. The molecule has 11 nitrogen and oxygen atoms in total.